The van der Waals surface area contributed by atoms with Crippen LogP contribution in [0, 0.1) is 0 Å². The lowest BCUT2D eigenvalue weighted by atomic mass is 9.99. The van der Waals surface area contributed by atoms with Gasteiger partial charge < -0.3 is 4.74 Å². The number of benzene rings is 3. The van der Waals surface area contributed by atoms with Crippen LogP contribution < -0.4 is 0 Å². The summed E-state index contributed by atoms with van der Waals surface area (Å²) in [4.78, 5) is 25.9. The Morgan fingerprint density at radius 1 is 0.800 bits per heavy atom. The normalized spacial score (nSPS) is 11.6. The predicted octanol–water partition coefficient (Wildman–Crippen LogP) is 4.71. The molecular weight excluding hydrogens is 376 g/mol. The molecule has 0 spiro atoms. The van der Waals surface area contributed by atoms with Crippen molar-refractivity contribution in [1.29, 1.82) is 0 Å². The average molecular weight is 396 g/mol. The maximum atomic E-state index is 13.1. The van der Waals surface area contributed by atoms with E-state index in [1.165, 1.54) is 0 Å². The Kier molecular flexibility index (Phi) is 5.80. The molecule has 0 aliphatic heterocycles. The van der Waals surface area contributed by atoms with Crippen LogP contribution in [0.4, 0.5) is 0 Å². The molecule has 0 saturated heterocycles. The SMILES string of the molecule is O=C(OC(C(=O)c1ccccc1)c1ccccc1)c1ccc(Cn2cccn2)cc1. The Bertz CT molecular complexity index is 1110. The van der Waals surface area contributed by atoms with Crippen LogP contribution in [0.25, 0.3) is 0 Å². The molecule has 30 heavy (non-hydrogen) atoms. The van der Waals surface area contributed by atoms with Gasteiger partial charge in [-0.05, 0) is 23.8 Å². The number of ketones is 1. The van der Waals surface area contributed by atoms with Crippen LogP contribution in [0.5, 0.6) is 0 Å². The van der Waals surface area contributed by atoms with E-state index in [4.69, 9.17) is 4.74 Å². The van der Waals surface area contributed by atoms with Crippen molar-refractivity contribution in [2.24, 2.45) is 0 Å². The van der Waals surface area contributed by atoms with Crippen LogP contribution in [0.2, 0.25) is 0 Å². The van der Waals surface area contributed by atoms with Gasteiger partial charge in [0.05, 0.1) is 12.1 Å². The fraction of sp³-hybridized carbons (Fsp3) is 0.0800. The highest BCUT2D eigenvalue weighted by atomic mass is 16.5. The first-order valence-electron chi connectivity index (χ1n) is 9.62. The van der Waals surface area contributed by atoms with E-state index in [9.17, 15) is 9.59 Å². The summed E-state index contributed by atoms with van der Waals surface area (Å²) in [5, 5.41) is 4.18. The van der Waals surface area contributed by atoms with Crippen LogP contribution in [0.3, 0.4) is 0 Å². The lowest BCUT2D eigenvalue weighted by Crippen LogP contribution is -2.20. The van der Waals surface area contributed by atoms with Crippen LogP contribution >= 0.6 is 0 Å². The molecule has 1 aromatic heterocycles. The first-order chi connectivity index (χ1) is 14.7. The van der Waals surface area contributed by atoms with Crippen molar-refractivity contribution in [1.82, 2.24) is 9.78 Å². The molecule has 0 N–H and O–H groups in total. The van der Waals surface area contributed by atoms with E-state index in [1.807, 2.05) is 48.7 Å². The van der Waals surface area contributed by atoms with Crippen LogP contribution in [0.15, 0.2) is 103 Å². The second-order valence-electron chi connectivity index (χ2n) is 6.83. The van der Waals surface area contributed by atoms with Crippen LogP contribution in [0.1, 0.15) is 37.9 Å². The zero-order chi connectivity index (χ0) is 20.8. The zero-order valence-electron chi connectivity index (χ0n) is 16.2. The summed E-state index contributed by atoms with van der Waals surface area (Å²) in [5.74, 6) is -0.802. The van der Waals surface area contributed by atoms with Gasteiger partial charge in [-0.15, -0.1) is 0 Å². The van der Waals surface area contributed by atoms with Gasteiger partial charge in [0.15, 0.2) is 6.10 Å². The van der Waals surface area contributed by atoms with E-state index in [0.717, 1.165) is 5.56 Å². The Hall–Kier alpha value is -3.99. The number of carbonyl (C=O) groups excluding carboxylic acids is 2. The largest absolute Gasteiger partial charge is 0.445 e. The Morgan fingerprint density at radius 3 is 2.10 bits per heavy atom. The molecule has 0 bridgehead atoms. The highest BCUT2D eigenvalue weighted by Gasteiger charge is 2.26. The predicted molar refractivity (Wildman–Crippen MR) is 113 cm³/mol. The molecule has 0 amide bonds. The molecule has 1 unspecified atom stereocenters. The summed E-state index contributed by atoms with van der Waals surface area (Å²) in [6.45, 7) is 0.613. The van der Waals surface area contributed by atoms with Gasteiger partial charge in [0.1, 0.15) is 0 Å². The number of rotatable bonds is 7. The quantitative estimate of drug-likeness (QED) is 0.335. The Balaban J connectivity index is 1.53. The van der Waals surface area contributed by atoms with Gasteiger partial charge in [0, 0.05) is 23.5 Å². The van der Waals surface area contributed by atoms with Gasteiger partial charge in [0.25, 0.3) is 0 Å². The van der Waals surface area contributed by atoms with Crippen LogP contribution in [-0.4, -0.2) is 21.5 Å². The summed E-state index contributed by atoms with van der Waals surface area (Å²) in [6.07, 6.45) is 2.59. The molecule has 0 aliphatic rings. The number of hydrogen-bond donors (Lipinski definition) is 0. The third-order valence-corrected chi connectivity index (χ3v) is 4.72. The molecule has 0 radical (unpaired) electrons. The van der Waals surface area contributed by atoms with E-state index in [2.05, 4.69) is 5.10 Å². The minimum absolute atomic E-state index is 0.259. The fourth-order valence-electron chi connectivity index (χ4n) is 3.16. The van der Waals surface area contributed by atoms with E-state index >= 15 is 0 Å². The molecule has 1 heterocycles. The standard InChI is InChI=1S/C25H20N2O3/c28-23(20-8-3-1-4-9-20)24(21-10-5-2-6-11-21)30-25(29)22-14-12-19(13-15-22)18-27-17-7-16-26-27/h1-17,24H,18H2. The number of hydrogen-bond acceptors (Lipinski definition) is 4. The number of aromatic nitrogens is 2. The molecule has 0 fully saturated rings. The lowest BCUT2D eigenvalue weighted by molar-refractivity contribution is 0.0280. The minimum atomic E-state index is -1.01. The topological polar surface area (TPSA) is 61.2 Å². The van der Waals surface area contributed by atoms with E-state index in [1.54, 1.807) is 59.4 Å². The number of carbonyl (C=O) groups is 2. The van der Waals surface area contributed by atoms with E-state index in [0.29, 0.717) is 23.2 Å². The van der Waals surface area contributed by atoms with Crippen molar-refractivity contribution in [2.45, 2.75) is 12.6 Å². The molecule has 5 nitrogen and oxygen atoms in total. The maximum absolute atomic E-state index is 13.1. The molecule has 0 saturated carbocycles. The van der Waals surface area contributed by atoms with Crippen molar-refractivity contribution in [3.05, 3.63) is 126 Å². The van der Waals surface area contributed by atoms with Crippen molar-refractivity contribution >= 4 is 11.8 Å². The molecule has 4 aromatic rings. The summed E-state index contributed by atoms with van der Waals surface area (Å²) in [6, 6.07) is 26.9. The molecule has 4 rings (SSSR count). The molecule has 5 heteroatoms. The summed E-state index contributed by atoms with van der Waals surface area (Å²) in [7, 11) is 0. The second kappa shape index (κ2) is 9.01. The van der Waals surface area contributed by atoms with Gasteiger partial charge in [-0.3, -0.25) is 9.48 Å². The first kappa shape index (κ1) is 19.3. The van der Waals surface area contributed by atoms with E-state index < -0.39 is 12.1 Å². The van der Waals surface area contributed by atoms with Crippen LogP contribution in [-0.2, 0) is 11.3 Å². The minimum Gasteiger partial charge on any atom is -0.445 e. The highest BCUT2D eigenvalue weighted by molar-refractivity contribution is 6.02. The van der Waals surface area contributed by atoms with Gasteiger partial charge in [0.2, 0.25) is 5.78 Å². The third kappa shape index (κ3) is 4.52. The fourth-order valence-corrected chi connectivity index (χ4v) is 3.16. The second-order valence-corrected chi connectivity index (χ2v) is 6.83. The molecule has 148 valence electrons. The third-order valence-electron chi connectivity index (χ3n) is 4.72. The van der Waals surface area contributed by atoms with Crippen molar-refractivity contribution in [2.75, 3.05) is 0 Å². The number of ether oxygens (including phenoxy) is 1. The molecule has 1 atom stereocenters. The number of esters is 1. The first-order valence-corrected chi connectivity index (χ1v) is 9.62. The monoisotopic (exact) mass is 396 g/mol. The van der Waals surface area contributed by atoms with Crippen molar-refractivity contribution in [3.8, 4) is 0 Å². The molecule has 0 aliphatic carbocycles. The summed E-state index contributed by atoms with van der Waals surface area (Å²) >= 11 is 0. The van der Waals surface area contributed by atoms with Gasteiger partial charge >= 0.3 is 5.97 Å². The van der Waals surface area contributed by atoms with Crippen molar-refractivity contribution in [3.63, 3.8) is 0 Å². The summed E-state index contributed by atoms with van der Waals surface area (Å²) in [5.41, 5.74) is 2.53. The zero-order valence-corrected chi connectivity index (χ0v) is 16.2. The van der Waals surface area contributed by atoms with Gasteiger partial charge in [-0.25, -0.2) is 4.79 Å². The lowest BCUT2D eigenvalue weighted by Gasteiger charge is -2.17. The Morgan fingerprint density at radius 2 is 1.47 bits per heavy atom. The molecular formula is C25H20N2O3. The molecule has 3 aromatic carbocycles. The number of Topliss-reactive ketones (excluding diaryl/α,β-unsaturated/α-hetero) is 1. The summed E-state index contributed by atoms with van der Waals surface area (Å²) < 4.78 is 7.48. The number of nitrogens with zero attached hydrogens (tertiary/aromatic N) is 2. The smallest absolute Gasteiger partial charge is 0.339 e. The Labute approximate surface area is 174 Å². The maximum Gasteiger partial charge on any atom is 0.339 e. The van der Waals surface area contributed by atoms with E-state index in [-0.39, 0.29) is 5.78 Å². The van der Waals surface area contributed by atoms with Gasteiger partial charge in [-0.2, -0.15) is 5.10 Å². The van der Waals surface area contributed by atoms with Gasteiger partial charge in [-0.1, -0.05) is 72.8 Å². The van der Waals surface area contributed by atoms with Crippen molar-refractivity contribution < 1.29 is 14.3 Å². The highest BCUT2D eigenvalue weighted by Crippen LogP contribution is 2.24. The average Bonchev–Trinajstić information content (AvgIpc) is 3.31.